The van der Waals surface area contributed by atoms with Gasteiger partial charge in [0.25, 0.3) is 0 Å². The quantitative estimate of drug-likeness (QED) is 0.129. The molecule has 0 aliphatic carbocycles. The van der Waals surface area contributed by atoms with Crippen molar-refractivity contribution in [1.29, 1.82) is 0 Å². The first-order chi connectivity index (χ1) is 19.9. The van der Waals surface area contributed by atoms with E-state index >= 15 is 0 Å². The molecule has 0 spiro atoms. The molecule has 0 atom stereocenters. The molecule has 0 fully saturated rings. The predicted octanol–water partition coefficient (Wildman–Crippen LogP) is 7.56. The van der Waals surface area contributed by atoms with Gasteiger partial charge in [-0.15, -0.1) is 0 Å². The lowest BCUT2D eigenvalue weighted by Crippen LogP contribution is -2.28. The lowest BCUT2D eigenvalue weighted by atomic mass is 9.79. The molecule has 4 aromatic carbocycles. The summed E-state index contributed by atoms with van der Waals surface area (Å²) in [4.78, 5) is 2.32. The Morgan fingerprint density at radius 3 is 2.10 bits per heavy atom. The van der Waals surface area contributed by atoms with Crippen LogP contribution < -0.4 is 4.90 Å². The van der Waals surface area contributed by atoms with Crippen LogP contribution in [0.15, 0.2) is 96.7 Å². The highest BCUT2D eigenvalue weighted by Crippen LogP contribution is 2.51. The van der Waals surface area contributed by atoms with Crippen molar-refractivity contribution in [3.63, 3.8) is 0 Å². The Morgan fingerprint density at radius 2 is 1.43 bits per heavy atom. The molecule has 2 aliphatic heterocycles. The standard InChI is InChI=1S/C36H38N2O3S/c1-35(2)31(37(5)29-21-19-25-13-6-8-15-27(25)33(29)35)17-12-18-32-36(3,4)34-28-16-9-7-14-26(28)20-22-30(34)38(32)23-10-11-24-42(39,40)41/h6-9,12-22H,10-11,23-24H2,1-5H3. The van der Waals surface area contributed by atoms with Gasteiger partial charge in [-0.1, -0.05) is 74.5 Å². The minimum Gasteiger partial charge on any atom is -0.748 e. The summed E-state index contributed by atoms with van der Waals surface area (Å²) in [5.74, 6) is -0.331. The third-order valence-electron chi connectivity index (χ3n) is 9.18. The summed E-state index contributed by atoms with van der Waals surface area (Å²) in [6.07, 6.45) is 7.58. The lowest BCUT2D eigenvalue weighted by molar-refractivity contribution is -0.401. The van der Waals surface area contributed by atoms with E-state index in [1.807, 2.05) is 0 Å². The second kappa shape index (κ2) is 10.2. The maximum Gasteiger partial charge on any atom is 0.210 e. The Bertz CT molecular complexity index is 1930. The normalized spacial score (nSPS) is 18.5. The molecule has 0 unspecified atom stereocenters. The zero-order valence-corrected chi connectivity index (χ0v) is 25.8. The first-order valence-corrected chi connectivity index (χ1v) is 16.2. The summed E-state index contributed by atoms with van der Waals surface area (Å²) in [5.41, 5.74) is 6.97. The van der Waals surface area contributed by atoms with E-state index in [0.717, 1.165) is 11.4 Å². The molecule has 5 nitrogen and oxygen atoms in total. The molecule has 2 heterocycles. The Morgan fingerprint density at radius 1 is 0.810 bits per heavy atom. The molecular formula is C36H38N2O3S. The number of hydrogen-bond acceptors (Lipinski definition) is 4. The molecular weight excluding hydrogens is 540 g/mol. The van der Waals surface area contributed by atoms with E-state index in [4.69, 9.17) is 0 Å². The van der Waals surface area contributed by atoms with Crippen molar-refractivity contribution in [3.05, 3.63) is 108 Å². The molecule has 0 radical (unpaired) electrons. The van der Waals surface area contributed by atoms with Crippen molar-refractivity contribution in [3.8, 4) is 0 Å². The second-order valence-electron chi connectivity index (χ2n) is 12.6. The van der Waals surface area contributed by atoms with Gasteiger partial charge in [0.1, 0.15) is 7.05 Å². The van der Waals surface area contributed by atoms with E-state index in [1.54, 1.807) is 0 Å². The maximum atomic E-state index is 11.2. The van der Waals surface area contributed by atoms with Crippen molar-refractivity contribution in [2.24, 2.45) is 0 Å². The smallest absolute Gasteiger partial charge is 0.210 e. The van der Waals surface area contributed by atoms with E-state index in [2.05, 4.69) is 135 Å². The van der Waals surface area contributed by atoms with E-state index < -0.39 is 10.1 Å². The van der Waals surface area contributed by atoms with Crippen LogP contribution >= 0.6 is 0 Å². The molecule has 6 rings (SSSR count). The molecule has 0 N–H and O–H groups in total. The first-order valence-electron chi connectivity index (χ1n) is 14.7. The van der Waals surface area contributed by atoms with Crippen molar-refractivity contribution >= 4 is 48.7 Å². The Balaban J connectivity index is 1.39. The highest BCUT2D eigenvalue weighted by molar-refractivity contribution is 7.85. The third kappa shape index (κ3) is 4.67. The molecule has 0 saturated carbocycles. The van der Waals surface area contributed by atoms with E-state index in [9.17, 15) is 13.0 Å². The molecule has 2 aliphatic rings. The molecule has 4 aromatic rings. The fourth-order valence-corrected chi connectivity index (χ4v) is 7.81. The summed E-state index contributed by atoms with van der Waals surface area (Å²) in [6, 6.07) is 25.8. The fraction of sp³-hybridized carbons (Fsp3) is 0.306. The van der Waals surface area contributed by atoms with Crippen molar-refractivity contribution < 1.29 is 17.5 Å². The van der Waals surface area contributed by atoms with Gasteiger partial charge in [0.2, 0.25) is 5.69 Å². The Kier molecular flexibility index (Phi) is 6.90. The monoisotopic (exact) mass is 578 g/mol. The lowest BCUT2D eigenvalue weighted by Gasteiger charge is -2.27. The minimum atomic E-state index is -4.22. The van der Waals surface area contributed by atoms with E-state index in [0.29, 0.717) is 19.4 Å². The zero-order valence-electron chi connectivity index (χ0n) is 25.0. The number of rotatable bonds is 7. The summed E-state index contributed by atoms with van der Waals surface area (Å²) in [5, 5.41) is 4.98. The molecule has 42 heavy (non-hydrogen) atoms. The molecule has 0 saturated heterocycles. The summed E-state index contributed by atoms with van der Waals surface area (Å²) in [6.45, 7) is 9.77. The van der Waals surface area contributed by atoms with Crippen molar-refractivity contribution in [1.82, 2.24) is 0 Å². The third-order valence-corrected chi connectivity index (χ3v) is 9.97. The van der Waals surface area contributed by atoms with Crippen LogP contribution in [0, 0.1) is 0 Å². The van der Waals surface area contributed by atoms with E-state index in [-0.39, 0.29) is 16.6 Å². The molecule has 0 bridgehead atoms. The summed E-state index contributed by atoms with van der Waals surface area (Å²) in [7, 11) is -2.08. The largest absolute Gasteiger partial charge is 0.748 e. The summed E-state index contributed by atoms with van der Waals surface area (Å²) < 4.78 is 36.0. The first kappa shape index (κ1) is 28.4. The van der Waals surface area contributed by atoms with Crippen LogP contribution in [0.1, 0.15) is 51.7 Å². The van der Waals surface area contributed by atoms with Gasteiger partial charge in [-0.05, 0) is 72.0 Å². The van der Waals surface area contributed by atoms with Crippen LogP contribution in [-0.2, 0) is 20.9 Å². The van der Waals surface area contributed by atoms with Gasteiger partial charge < -0.3 is 9.45 Å². The fourth-order valence-electron chi connectivity index (χ4n) is 7.25. The number of nitrogens with zero attached hydrogens (tertiary/aromatic N) is 2. The van der Waals surface area contributed by atoms with Crippen molar-refractivity contribution in [2.75, 3.05) is 24.2 Å². The number of anilines is 1. The van der Waals surface area contributed by atoms with Crippen LogP contribution in [0.5, 0.6) is 0 Å². The van der Waals surface area contributed by atoms with Crippen LogP contribution in [-0.4, -0.2) is 42.6 Å². The Hall–Kier alpha value is -3.74. The SMILES string of the molecule is C[N+]1=C(C=CC=C2N(CCCCS(=O)(=O)[O-])c3ccc4ccccc4c3C2(C)C)C(C)(C)c2c1ccc1ccccc21. The number of allylic oxidation sites excluding steroid dienone is 4. The highest BCUT2D eigenvalue weighted by Gasteiger charge is 2.44. The average Bonchev–Trinajstić information content (AvgIpc) is 3.29. The van der Waals surface area contributed by atoms with Gasteiger partial charge in [0.15, 0.2) is 5.71 Å². The van der Waals surface area contributed by atoms with Gasteiger partial charge >= 0.3 is 0 Å². The maximum absolute atomic E-state index is 11.2. The molecule has 216 valence electrons. The summed E-state index contributed by atoms with van der Waals surface area (Å²) >= 11 is 0. The predicted molar refractivity (Wildman–Crippen MR) is 173 cm³/mol. The van der Waals surface area contributed by atoms with Crippen LogP contribution in [0.3, 0.4) is 0 Å². The van der Waals surface area contributed by atoms with Crippen LogP contribution in [0.25, 0.3) is 21.5 Å². The van der Waals surface area contributed by atoms with Crippen LogP contribution in [0.4, 0.5) is 11.4 Å². The topological polar surface area (TPSA) is 63.5 Å². The number of fused-ring (bicyclic) bond motifs is 6. The van der Waals surface area contributed by atoms with Gasteiger partial charge in [0, 0.05) is 46.8 Å². The second-order valence-corrected chi connectivity index (χ2v) is 14.1. The van der Waals surface area contributed by atoms with Crippen molar-refractivity contribution in [2.45, 2.75) is 51.4 Å². The zero-order chi connectivity index (χ0) is 29.9. The molecule has 6 heteroatoms. The van der Waals surface area contributed by atoms with Gasteiger partial charge in [-0.2, -0.15) is 4.58 Å². The number of hydrogen-bond donors (Lipinski definition) is 0. The molecule has 0 amide bonds. The van der Waals surface area contributed by atoms with Crippen LogP contribution in [0.2, 0.25) is 0 Å². The van der Waals surface area contributed by atoms with Gasteiger partial charge in [-0.25, -0.2) is 8.42 Å². The minimum absolute atomic E-state index is 0.173. The van der Waals surface area contributed by atoms with Gasteiger partial charge in [0.05, 0.1) is 15.5 Å². The number of benzene rings is 4. The van der Waals surface area contributed by atoms with Gasteiger partial charge in [-0.3, -0.25) is 0 Å². The molecule has 0 aromatic heterocycles. The average molecular weight is 579 g/mol. The van der Waals surface area contributed by atoms with E-state index in [1.165, 1.54) is 44.1 Å². The highest BCUT2D eigenvalue weighted by atomic mass is 32.2. The number of unbranched alkanes of at least 4 members (excludes halogenated alkanes) is 1. The Labute approximate surface area is 249 Å².